The fourth-order valence-corrected chi connectivity index (χ4v) is 4.79. The summed E-state index contributed by atoms with van der Waals surface area (Å²) in [5, 5.41) is 0. The molecule has 0 heterocycles. The maximum atomic E-state index is 14.7. The van der Waals surface area contributed by atoms with Crippen molar-refractivity contribution < 1.29 is 49.0 Å². The molecular weight excluding hydrogens is 491 g/mol. The SMILES string of the molecule is CCCC1CCC(C(F)(F)OC2CC=C(C(F)(F)Oc3cc(F)c(C(F)(F)F)c(F)c3)CC2)CC1. The second-order valence-electron chi connectivity index (χ2n) is 9.19. The molecule has 0 bridgehead atoms. The van der Waals surface area contributed by atoms with E-state index < -0.39 is 65.4 Å². The van der Waals surface area contributed by atoms with Gasteiger partial charge in [-0.15, -0.1) is 0 Å². The molecule has 0 amide bonds. The van der Waals surface area contributed by atoms with Gasteiger partial charge in [-0.2, -0.15) is 30.7 Å². The quantitative estimate of drug-likeness (QED) is 0.253. The van der Waals surface area contributed by atoms with Crippen molar-refractivity contribution in [2.75, 3.05) is 0 Å². The zero-order valence-electron chi connectivity index (χ0n) is 19.0. The topological polar surface area (TPSA) is 18.5 Å². The van der Waals surface area contributed by atoms with Gasteiger partial charge in [-0.05, 0) is 50.9 Å². The van der Waals surface area contributed by atoms with Crippen LogP contribution in [-0.2, 0) is 10.9 Å². The van der Waals surface area contributed by atoms with E-state index in [9.17, 15) is 39.5 Å². The second kappa shape index (κ2) is 10.6. The predicted octanol–water partition coefficient (Wildman–Crippen LogP) is 8.65. The Balaban J connectivity index is 1.60. The minimum atomic E-state index is -5.35. The largest absolute Gasteiger partial charge is 0.429 e. The van der Waals surface area contributed by atoms with Crippen LogP contribution in [-0.4, -0.2) is 18.3 Å². The van der Waals surface area contributed by atoms with Crippen LogP contribution in [0.5, 0.6) is 5.75 Å². The molecule has 1 atom stereocenters. The lowest BCUT2D eigenvalue weighted by Gasteiger charge is -2.36. The summed E-state index contributed by atoms with van der Waals surface area (Å²) in [6.45, 7) is 2.04. The summed E-state index contributed by atoms with van der Waals surface area (Å²) in [6, 6.07) is 0.0375. The Morgan fingerprint density at radius 3 is 1.97 bits per heavy atom. The minimum Gasteiger partial charge on any atom is -0.429 e. The van der Waals surface area contributed by atoms with Crippen LogP contribution >= 0.6 is 0 Å². The molecule has 1 aromatic carbocycles. The van der Waals surface area contributed by atoms with Gasteiger partial charge in [-0.3, -0.25) is 0 Å². The Kier molecular flexibility index (Phi) is 8.38. The molecule has 2 aliphatic rings. The van der Waals surface area contributed by atoms with Crippen molar-refractivity contribution in [3.63, 3.8) is 0 Å². The van der Waals surface area contributed by atoms with Crippen LogP contribution in [0.3, 0.4) is 0 Å². The molecule has 0 spiro atoms. The first-order valence-electron chi connectivity index (χ1n) is 11.6. The third-order valence-corrected chi connectivity index (χ3v) is 6.62. The van der Waals surface area contributed by atoms with Gasteiger partial charge >= 0.3 is 18.4 Å². The lowest BCUT2D eigenvalue weighted by Crippen LogP contribution is -2.39. The van der Waals surface area contributed by atoms with Crippen LogP contribution in [0.15, 0.2) is 23.8 Å². The molecule has 0 saturated heterocycles. The summed E-state index contributed by atoms with van der Waals surface area (Å²) < 4.78 is 133. The van der Waals surface area contributed by atoms with Crippen molar-refractivity contribution in [3.05, 3.63) is 41.0 Å². The molecule has 1 fully saturated rings. The number of hydrogen-bond donors (Lipinski definition) is 0. The summed E-state index contributed by atoms with van der Waals surface area (Å²) in [5.74, 6) is -5.83. The van der Waals surface area contributed by atoms with E-state index in [0.29, 0.717) is 31.6 Å². The van der Waals surface area contributed by atoms with E-state index in [1.54, 1.807) is 0 Å². The first-order chi connectivity index (χ1) is 16.2. The summed E-state index contributed by atoms with van der Waals surface area (Å²) in [5.41, 5.74) is -2.86. The van der Waals surface area contributed by atoms with Crippen molar-refractivity contribution >= 4 is 0 Å². The first-order valence-corrected chi connectivity index (χ1v) is 11.6. The Labute approximate surface area is 197 Å². The fourth-order valence-electron chi connectivity index (χ4n) is 4.79. The molecule has 1 saturated carbocycles. The molecule has 0 aromatic heterocycles. The van der Waals surface area contributed by atoms with Crippen LogP contribution in [0.4, 0.5) is 39.5 Å². The van der Waals surface area contributed by atoms with E-state index in [1.807, 2.05) is 6.92 Å². The lowest BCUT2D eigenvalue weighted by atomic mass is 9.79. The van der Waals surface area contributed by atoms with Gasteiger partial charge in [-0.1, -0.05) is 25.8 Å². The van der Waals surface area contributed by atoms with Gasteiger partial charge in [0, 0.05) is 17.7 Å². The highest BCUT2D eigenvalue weighted by Crippen LogP contribution is 2.43. The third-order valence-electron chi connectivity index (χ3n) is 6.62. The van der Waals surface area contributed by atoms with Crippen molar-refractivity contribution in [3.8, 4) is 5.75 Å². The van der Waals surface area contributed by atoms with E-state index in [1.165, 1.54) is 0 Å². The normalized spacial score (nSPS) is 24.3. The predicted molar refractivity (Wildman–Crippen MR) is 109 cm³/mol. The van der Waals surface area contributed by atoms with Crippen molar-refractivity contribution in [1.82, 2.24) is 0 Å². The van der Waals surface area contributed by atoms with Gasteiger partial charge < -0.3 is 9.47 Å². The van der Waals surface area contributed by atoms with E-state index >= 15 is 0 Å². The zero-order valence-corrected chi connectivity index (χ0v) is 19.0. The van der Waals surface area contributed by atoms with Crippen LogP contribution in [0.1, 0.15) is 70.3 Å². The molecule has 198 valence electrons. The third kappa shape index (κ3) is 6.86. The van der Waals surface area contributed by atoms with E-state index in [-0.39, 0.29) is 25.0 Å². The van der Waals surface area contributed by atoms with E-state index in [0.717, 1.165) is 18.9 Å². The molecule has 2 nitrogen and oxygen atoms in total. The summed E-state index contributed by atoms with van der Waals surface area (Å²) in [6.07, 6.45) is -9.67. The molecule has 0 radical (unpaired) electrons. The minimum absolute atomic E-state index is 0.0188. The summed E-state index contributed by atoms with van der Waals surface area (Å²) in [7, 11) is 0. The van der Waals surface area contributed by atoms with Gasteiger partial charge in [-0.25, -0.2) is 8.78 Å². The number of halogens is 9. The van der Waals surface area contributed by atoms with Gasteiger partial charge in [0.25, 0.3) is 0 Å². The molecule has 3 rings (SSSR count). The number of hydrogen-bond acceptors (Lipinski definition) is 2. The highest BCUT2D eigenvalue weighted by molar-refractivity contribution is 5.33. The fraction of sp³-hybridized carbons (Fsp3) is 0.667. The number of rotatable bonds is 8. The Bertz CT molecular complexity index is 880. The highest BCUT2D eigenvalue weighted by atomic mass is 19.4. The number of alkyl halides is 7. The Hall–Kier alpha value is -1.91. The van der Waals surface area contributed by atoms with Crippen molar-refractivity contribution in [2.45, 2.75) is 89.2 Å². The van der Waals surface area contributed by atoms with Gasteiger partial charge in [0.1, 0.15) is 22.9 Å². The van der Waals surface area contributed by atoms with Crippen LogP contribution in [0.25, 0.3) is 0 Å². The maximum absolute atomic E-state index is 14.7. The summed E-state index contributed by atoms with van der Waals surface area (Å²) >= 11 is 0. The van der Waals surface area contributed by atoms with Gasteiger partial charge in [0.05, 0.1) is 12.0 Å². The van der Waals surface area contributed by atoms with E-state index in [2.05, 4.69) is 4.74 Å². The van der Waals surface area contributed by atoms with Crippen LogP contribution in [0.2, 0.25) is 0 Å². The molecule has 2 aliphatic carbocycles. The van der Waals surface area contributed by atoms with Crippen LogP contribution in [0, 0.1) is 23.5 Å². The Morgan fingerprint density at radius 2 is 1.49 bits per heavy atom. The first kappa shape index (κ1) is 27.7. The van der Waals surface area contributed by atoms with E-state index in [4.69, 9.17) is 4.74 Å². The molecule has 1 aromatic rings. The van der Waals surface area contributed by atoms with Gasteiger partial charge in [0.15, 0.2) is 0 Å². The maximum Gasteiger partial charge on any atom is 0.422 e. The average Bonchev–Trinajstić information content (AvgIpc) is 2.72. The standard InChI is InChI=1S/C24H27F9O2/c1-2-3-14-4-6-15(7-5-14)23(30,31)34-17-10-8-16(9-11-17)24(32,33)35-18-12-19(25)21(20(26)13-18)22(27,28)29/h8,12-15,17H,2-7,9-11H2,1H3. The van der Waals surface area contributed by atoms with Crippen molar-refractivity contribution in [2.24, 2.45) is 11.8 Å². The molecule has 11 heteroatoms. The molecule has 0 N–H and O–H groups in total. The second-order valence-corrected chi connectivity index (χ2v) is 9.19. The van der Waals surface area contributed by atoms with Gasteiger partial charge in [0.2, 0.25) is 0 Å². The average molecular weight is 518 g/mol. The van der Waals surface area contributed by atoms with Crippen LogP contribution < -0.4 is 4.74 Å². The van der Waals surface area contributed by atoms with Crippen molar-refractivity contribution in [1.29, 1.82) is 0 Å². The molecule has 1 unspecified atom stereocenters. The lowest BCUT2D eigenvalue weighted by molar-refractivity contribution is -0.299. The highest BCUT2D eigenvalue weighted by Gasteiger charge is 2.46. The number of ether oxygens (including phenoxy) is 2. The molecule has 35 heavy (non-hydrogen) atoms. The summed E-state index contributed by atoms with van der Waals surface area (Å²) in [4.78, 5) is 0. The smallest absolute Gasteiger partial charge is 0.422 e. The number of benzene rings is 1. The molecular formula is C24H27F9O2. The molecule has 0 aliphatic heterocycles. The monoisotopic (exact) mass is 518 g/mol. The zero-order chi connectivity index (χ0) is 26.0. The Morgan fingerprint density at radius 1 is 0.886 bits per heavy atom.